The van der Waals surface area contributed by atoms with Crippen LogP contribution >= 0.6 is 0 Å². The van der Waals surface area contributed by atoms with Gasteiger partial charge >= 0.3 is 0 Å². The molecule has 0 aromatic heterocycles. The smallest absolute Gasteiger partial charge is 0.0899 e. The highest BCUT2D eigenvalue weighted by Gasteiger charge is 1.78. The Balaban J connectivity index is 2.82. The summed E-state index contributed by atoms with van der Waals surface area (Å²) in [6.07, 6.45) is 0.843. The van der Waals surface area contributed by atoms with Gasteiger partial charge in [-0.2, -0.15) is 0 Å². The lowest BCUT2D eigenvalue weighted by atomic mass is 10.5. The lowest BCUT2D eigenvalue weighted by molar-refractivity contribution is 0.878. The van der Waals surface area contributed by atoms with Gasteiger partial charge in [0, 0.05) is 6.54 Å². The molecular formula is C5H11N2. The van der Waals surface area contributed by atoms with Crippen molar-refractivity contribution >= 4 is 5.84 Å². The van der Waals surface area contributed by atoms with E-state index in [9.17, 15) is 0 Å². The Morgan fingerprint density at radius 2 is 2.43 bits per heavy atom. The van der Waals surface area contributed by atoms with Crippen molar-refractivity contribution in [1.82, 2.24) is 5.32 Å². The molecule has 0 aliphatic heterocycles. The molecule has 1 radical (unpaired) electrons. The van der Waals surface area contributed by atoms with Crippen molar-refractivity contribution in [3.63, 3.8) is 0 Å². The normalized spacial score (nSPS) is 8.29. The molecular weight excluding hydrogens is 88.1 g/mol. The van der Waals surface area contributed by atoms with Crippen LogP contribution in [-0.4, -0.2) is 12.4 Å². The average Bonchev–Trinajstić information content (AvgIpc) is 1.61. The Morgan fingerprint density at radius 3 is 2.57 bits per heavy atom. The lowest BCUT2D eigenvalue weighted by Gasteiger charge is -1.96. The predicted molar refractivity (Wildman–Crippen MR) is 31.4 cm³/mol. The number of rotatable bonds is 2. The summed E-state index contributed by atoms with van der Waals surface area (Å²) in [5.41, 5.74) is 0. The molecule has 0 saturated heterocycles. The summed E-state index contributed by atoms with van der Waals surface area (Å²) in [7, 11) is 0. The minimum absolute atomic E-state index is 0.517. The Morgan fingerprint density at radius 1 is 1.86 bits per heavy atom. The highest BCUT2D eigenvalue weighted by Crippen LogP contribution is 1.67. The molecule has 0 aliphatic carbocycles. The van der Waals surface area contributed by atoms with E-state index in [-0.39, 0.29) is 0 Å². The Hall–Kier alpha value is -0.530. The Kier molecular flexibility index (Phi) is 3.38. The quantitative estimate of drug-likeness (QED) is 0.390. The van der Waals surface area contributed by atoms with Crippen molar-refractivity contribution in [2.45, 2.75) is 13.3 Å². The fraction of sp³-hybridized carbons (Fsp3) is 0.600. The lowest BCUT2D eigenvalue weighted by Crippen LogP contribution is -2.19. The maximum absolute atomic E-state index is 6.86. The molecule has 0 aromatic rings. The van der Waals surface area contributed by atoms with E-state index in [0.29, 0.717) is 5.84 Å². The summed E-state index contributed by atoms with van der Waals surface area (Å²) in [4.78, 5) is 0. The molecule has 0 spiro atoms. The molecule has 0 saturated carbocycles. The van der Waals surface area contributed by atoms with Gasteiger partial charge in [0.1, 0.15) is 0 Å². The van der Waals surface area contributed by atoms with E-state index in [0.717, 1.165) is 13.0 Å². The SMILES string of the molecule is [CH2]CCNC(C)=N. The van der Waals surface area contributed by atoms with Crippen LogP contribution < -0.4 is 5.32 Å². The van der Waals surface area contributed by atoms with Crippen LogP contribution in [0.25, 0.3) is 0 Å². The van der Waals surface area contributed by atoms with Crippen molar-refractivity contribution in [3.8, 4) is 0 Å². The summed E-state index contributed by atoms with van der Waals surface area (Å²) in [6.45, 7) is 6.13. The largest absolute Gasteiger partial charge is 0.374 e. The van der Waals surface area contributed by atoms with Gasteiger partial charge in [0.05, 0.1) is 5.84 Å². The zero-order valence-electron chi connectivity index (χ0n) is 4.62. The first kappa shape index (κ1) is 6.47. The standard InChI is InChI=1S/C5H11N2/c1-3-4-7-5(2)6/h1,3-4H2,2H3,(H2,6,7). The van der Waals surface area contributed by atoms with E-state index < -0.39 is 0 Å². The second-order valence-corrected chi connectivity index (χ2v) is 1.41. The molecule has 0 rings (SSSR count). The first-order valence-corrected chi connectivity index (χ1v) is 2.35. The number of nitrogens with one attached hydrogen (secondary N) is 2. The summed E-state index contributed by atoms with van der Waals surface area (Å²) in [5, 5.41) is 9.67. The second-order valence-electron chi connectivity index (χ2n) is 1.41. The van der Waals surface area contributed by atoms with Gasteiger partial charge in [0.2, 0.25) is 0 Å². The summed E-state index contributed by atoms with van der Waals surface area (Å²) >= 11 is 0. The van der Waals surface area contributed by atoms with E-state index >= 15 is 0 Å². The van der Waals surface area contributed by atoms with Gasteiger partial charge in [-0.25, -0.2) is 0 Å². The van der Waals surface area contributed by atoms with Crippen molar-refractivity contribution in [2.75, 3.05) is 6.54 Å². The predicted octanol–water partition coefficient (Wildman–Crippen LogP) is 0.797. The van der Waals surface area contributed by atoms with Crippen LogP contribution in [0.3, 0.4) is 0 Å². The minimum Gasteiger partial charge on any atom is -0.374 e. The van der Waals surface area contributed by atoms with Crippen molar-refractivity contribution in [2.24, 2.45) is 0 Å². The van der Waals surface area contributed by atoms with Crippen LogP contribution in [0.15, 0.2) is 0 Å². The second kappa shape index (κ2) is 3.65. The summed E-state index contributed by atoms with van der Waals surface area (Å²) in [5.74, 6) is 0.517. The molecule has 0 bridgehead atoms. The fourth-order valence-electron chi connectivity index (χ4n) is 0.276. The highest BCUT2D eigenvalue weighted by atomic mass is 14.9. The Labute approximate surface area is 44.4 Å². The third kappa shape index (κ3) is 5.47. The summed E-state index contributed by atoms with van der Waals surface area (Å²) in [6, 6.07) is 0. The first-order valence-electron chi connectivity index (χ1n) is 2.35. The van der Waals surface area contributed by atoms with Crippen LogP contribution in [-0.2, 0) is 0 Å². The van der Waals surface area contributed by atoms with Crippen LogP contribution in [0.2, 0.25) is 0 Å². The van der Waals surface area contributed by atoms with Crippen molar-refractivity contribution in [1.29, 1.82) is 5.41 Å². The molecule has 0 aliphatic rings. The van der Waals surface area contributed by atoms with Gasteiger partial charge in [-0.15, -0.1) is 0 Å². The number of hydrogen-bond donors (Lipinski definition) is 2. The molecule has 0 fully saturated rings. The van der Waals surface area contributed by atoms with E-state index in [2.05, 4.69) is 12.2 Å². The molecule has 0 amide bonds. The molecule has 2 nitrogen and oxygen atoms in total. The number of amidine groups is 1. The van der Waals surface area contributed by atoms with E-state index in [1.54, 1.807) is 6.92 Å². The van der Waals surface area contributed by atoms with E-state index in [1.807, 2.05) is 0 Å². The minimum atomic E-state index is 0.517. The van der Waals surface area contributed by atoms with Crippen LogP contribution in [0.5, 0.6) is 0 Å². The topological polar surface area (TPSA) is 35.9 Å². The zero-order valence-corrected chi connectivity index (χ0v) is 4.62. The zero-order chi connectivity index (χ0) is 5.70. The molecule has 2 N–H and O–H groups in total. The fourth-order valence-corrected chi connectivity index (χ4v) is 0.276. The number of hydrogen-bond acceptors (Lipinski definition) is 1. The maximum atomic E-state index is 6.86. The first-order chi connectivity index (χ1) is 3.27. The highest BCUT2D eigenvalue weighted by molar-refractivity contribution is 5.75. The summed E-state index contributed by atoms with van der Waals surface area (Å²) < 4.78 is 0. The molecule has 2 heteroatoms. The molecule has 41 valence electrons. The molecule has 0 aromatic carbocycles. The van der Waals surface area contributed by atoms with E-state index in [4.69, 9.17) is 5.41 Å². The monoisotopic (exact) mass is 99.1 g/mol. The van der Waals surface area contributed by atoms with E-state index in [1.165, 1.54) is 0 Å². The maximum Gasteiger partial charge on any atom is 0.0899 e. The van der Waals surface area contributed by atoms with Gasteiger partial charge < -0.3 is 5.32 Å². The van der Waals surface area contributed by atoms with Gasteiger partial charge in [0.15, 0.2) is 0 Å². The molecule has 0 unspecified atom stereocenters. The average molecular weight is 99.2 g/mol. The molecule has 0 atom stereocenters. The molecule has 0 heterocycles. The third-order valence-corrected chi connectivity index (χ3v) is 0.567. The van der Waals surface area contributed by atoms with Gasteiger partial charge in [-0.3, -0.25) is 5.41 Å². The van der Waals surface area contributed by atoms with Gasteiger partial charge in [-0.05, 0) is 13.3 Å². The van der Waals surface area contributed by atoms with Crippen LogP contribution in [0.1, 0.15) is 13.3 Å². The molecule has 7 heavy (non-hydrogen) atoms. The van der Waals surface area contributed by atoms with Crippen LogP contribution in [0.4, 0.5) is 0 Å². The van der Waals surface area contributed by atoms with Crippen molar-refractivity contribution in [3.05, 3.63) is 6.92 Å². The van der Waals surface area contributed by atoms with Crippen LogP contribution in [0, 0.1) is 12.3 Å². The van der Waals surface area contributed by atoms with Gasteiger partial charge in [0.25, 0.3) is 0 Å². The Bertz CT molecular complexity index is 59.1. The third-order valence-electron chi connectivity index (χ3n) is 0.567. The van der Waals surface area contributed by atoms with Crippen molar-refractivity contribution < 1.29 is 0 Å². The van der Waals surface area contributed by atoms with Gasteiger partial charge in [-0.1, -0.05) is 6.92 Å².